The van der Waals surface area contributed by atoms with Crippen molar-refractivity contribution in [1.29, 1.82) is 0 Å². The van der Waals surface area contributed by atoms with E-state index in [-0.39, 0.29) is 17.7 Å². The summed E-state index contributed by atoms with van der Waals surface area (Å²) in [4.78, 5) is 39.1. The number of nitrogens with zero attached hydrogens (tertiary/aromatic N) is 1. The van der Waals surface area contributed by atoms with Crippen LogP contribution in [0.2, 0.25) is 0 Å². The molecule has 3 amide bonds. The average molecular weight is 380 g/mol. The lowest BCUT2D eigenvalue weighted by Crippen LogP contribution is -2.31. The summed E-state index contributed by atoms with van der Waals surface area (Å²) in [5.74, 6) is -0.0923. The first kappa shape index (κ1) is 18.9. The maximum Gasteiger partial charge on any atom is 0.272 e. The molecule has 27 heavy (non-hydrogen) atoms. The van der Waals surface area contributed by atoms with Gasteiger partial charge in [0.25, 0.3) is 11.8 Å². The Balaban J connectivity index is 2.03. The van der Waals surface area contributed by atoms with Crippen molar-refractivity contribution in [3.63, 3.8) is 0 Å². The molecule has 0 fully saturated rings. The number of carbonyl (C=O) groups excluding carboxylic acids is 3. The molecule has 5 nitrogen and oxygen atoms in total. The number of benzene rings is 2. The van der Waals surface area contributed by atoms with Crippen LogP contribution in [0.1, 0.15) is 25.0 Å². The fourth-order valence-corrected chi connectivity index (χ4v) is 3.85. The molecule has 0 bridgehead atoms. The van der Waals surface area contributed by atoms with Crippen molar-refractivity contribution in [2.24, 2.45) is 0 Å². The molecule has 0 saturated heterocycles. The molecule has 2 aromatic rings. The van der Waals surface area contributed by atoms with Crippen LogP contribution in [0.25, 0.3) is 5.57 Å². The number of aryl methyl sites for hydroxylation is 1. The van der Waals surface area contributed by atoms with Crippen LogP contribution in [0, 0.1) is 6.92 Å². The zero-order valence-corrected chi connectivity index (χ0v) is 16.2. The van der Waals surface area contributed by atoms with Crippen LogP contribution in [0.15, 0.2) is 53.4 Å². The van der Waals surface area contributed by atoms with E-state index in [4.69, 9.17) is 0 Å². The first-order valence-corrected chi connectivity index (χ1v) is 9.62. The molecule has 0 aliphatic carbocycles. The molecule has 0 atom stereocenters. The lowest BCUT2D eigenvalue weighted by Gasteiger charge is -2.17. The van der Waals surface area contributed by atoms with Crippen LogP contribution < -0.4 is 10.2 Å². The highest BCUT2D eigenvalue weighted by Crippen LogP contribution is 2.39. The van der Waals surface area contributed by atoms with Crippen LogP contribution in [0.5, 0.6) is 0 Å². The van der Waals surface area contributed by atoms with E-state index in [9.17, 15) is 14.4 Å². The zero-order valence-electron chi connectivity index (χ0n) is 15.4. The number of rotatable bonds is 5. The summed E-state index contributed by atoms with van der Waals surface area (Å²) >= 11 is 1.37. The second-order valence-electron chi connectivity index (χ2n) is 6.13. The minimum atomic E-state index is -0.322. The minimum absolute atomic E-state index is 0.165. The lowest BCUT2D eigenvalue weighted by atomic mass is 10.1. The van der Waals surface area contributed by atoms with E-state index < -0.39 is 0 Å². The van der Waals surface area contributed by atoms with Gasteiger partial charge < -0.3 is 5.32 Å². The van der Waals surface area contributed by atoms with E-state index in [1.807, 2.05) is 32.0 Å². The molecule has 138 valence electrons. The number of amides is 3. The van der Waals surface area contributed by atoms with Gasteiger partial charge in [-0.15, -0.1) is 11.8 Å². The van der Waals surface area contributed by atoms with Crippen LogP contribution in [0.3, 0.4) is 0 Å². The molecule has 3 rings (SSSR count). The van der Waals surface area contributed by atoms with Gasteiger partial charge in [-0.2, -0.15) is 0 Å². The first-order chi connectivity index (χ1) is 12.9. The van der Waals surface area contributed by atoms with Gasteiger partial charge >= 0.3 is 0 Å². The summed E-state index contributed by atoms with van der Waals surface area (Å²) in [6, 6.07) is 14.3. The van der Waals surface area contributed by atoms with Gasteiger partial charge in [-0.3, -0.25) is 14.4 Å². The lowest BCUT2D eigenvalue weighted by molar-refractivity contribution is -0.120. The Labute approximate surface area is 162 Å². The average Bonchev–Trinajstić information content (AvgIpc) is 2.87. The quantitative estimate of drug-likeness (QED) is 0.797. The Morgan fingerprint density at radius 1 is 1.04 bits per heavy atom. The largest absolute Gasteiger partial charge is 0.326 e. The van der Waals surface area contributed by atoms with Crippen molar-refractivity contribution >= 4 is 46.4 Å². The van der Waals surface area contributed by atoms with Crippen molar-refractivity contribution < 1.29 is 14.4 Å². The highest BCUT2D eigenvalue weighted by molar-refractivity contribution is 8.04. The van der Waals surface area contributed by atoms with Crippen LogP contribution in [-0.2, 0) is 14.4 Å². The molecule has 1 aliphatic rings. The van der Waals surface area contributed by atoms with Gasteiger partial charge in [-0.05, 0) is 42.0 Å². The normalized spacial score (nSPS) is 14.1. The Hall–Kier alpha value is -2.86. The van der Waals surface area contributed by atoms with Crippen LogP contribution in [0.4, 0.5) is 11.4 Å². The maximum atomic E-state index is 13.2. The van der Waals surface area contributed by atoms with Gasteiger partial charge in [0.1, 0.15) is 0 Å². The molecule has 1 heterocycles. The van der Waals surface area contributed by atoms with Crippen molar-refractivity contribution in [2.45, 2.75) is 20.8 Å². The van der Waals surface area contributed by atoms with E-state index in [0.717, 1.165) is 5.56 Å². The molecule has 2 aromatic carbocycles. The topological polar surface area (TPSA) is 66.5 Å². The zero-order chi connectivity index (χ0) is 19.6. The van der Waals surface area contributed by atoms with E-state index in [2.05, 4.69) is 5.32 Å². The predicted molar refractivity (Wildman–Crippen MR) is 109 cm³/mol. The van der Waals surface area contributed by atoms with E-state index in [0.29, 0.717) is 33.2 Å². The van der Waals surface area contributed by atoms with Crippen LogP contribution in [-0.4, -0.2) is 23.5 Å². The molecule has 0 aromatic heterocycles. The number of nitrogens with one attached hydrogen (secondary N) is 1. The molecule has 1 aliphatic heterocycles. The monoisotopic (exact) mass is 380 g/mol. The third kappa shape index (κ3) is 3.66. The molecule has 0 unspecified atom stereocenters. The van der Waals surface area contributed by atoms with Crippen LogP contribution >= 0.6 is 11.8 Å². The van der Waals surface area contributed by atoms with E-state index in [1.165, 1.54) is 23.6 Å². The molecular weight excluding hydrogens is 360 g/mol. The molecule has 1 N–H and O–H groups in total. The highest BCUT2D eigenvalue weighted by Gasteiger charge is 2.40. The number of carbonyl (C=O) groups is 3. The Morgan fingerprint density at radius 2 is 1.70 bits per heavy atom. The van der Waals surface area contributed by atoms with Gasteiger partial charge in [0.05, 0.1) is 16.2 Å². The summed E-state index contributed by atoms with van der Waals surface area (Å²) in [7, 11) is 0. The summed E-state index contributed by atoms with van der Waals surface area (Å²) in [5.41, 5.74) is 3.18. The fraction of sp³-hybridized carbons (Fsp3) is 0.190. The van der Waals surface area contributed by atoms with Gasteiger partial charge in [0.15, 0.2) is 0 Å². The molecular formula is C21H20N2O3S. The Morgan fingerprint density at radius 3 is 2.30 bits per heavy atom. The van der Waals surface area contributed by atoms with Gasteiger partial charge in [0.2, 0.25) is 5.91 Å². The number of anilines is 2. The van der Waals surface area contributed by atoms with Crippen molar-refractivity contribution in [3.8, 4) is 0 Å². The highest BCUT2D eigenvalue weighted by atomic mass is 32.2. The summed E-state index contributed by atoms with van der Waals surface area (Å²) in [6.45, 7) is 5.26. The number of hydrogen-bond acceptors (Lipinski definition) is 4. The number of hydrogen-bond donors (Lipinski definition) is 1. The second kappa shape index (κ2) is 7.80. The summed E-state index contributed by atoms with van der Waals surface area (Å²) in [6.07, 6.45) is 0. The summed E-state index contributed by atoms with van der Waals surface area (Å²) < 4.78 is 0. The SMILES string of the molecule is CCSC1=C(c2ccc(NC(C)=O)cc2)C(=O)N(c2ccccc2C)C1=O. The first-order valence-electron chi connectivity index (χ1n) is 8.63. The molecule has 0 saturated carbocycles. The third-order valence-electron chi connectivity index (χ3n) is 4.18. The number of thioether (sulfide) groups is 1. The van der Waals surface area contributed by atoms with Gasteiger partial charge in [0, 0.05) is 12.6 Å². The maximum absolute atomic E-state index is 13.2. The molecule has 6 heteroatoms. The molecule has 0 radical (unpaired) electrons. The Bertz CT molecular complexity index is 948. The summed E-state index contributed by atoms with van der Waals surface area (Å²) in [5, 5.41) is 2.70. The van der Waals surface area contributed by atoms with Gasteiger partial charge in [-0.25, -0.2) is 4.90 Å². The van der Waals surface area contributed by atoms with E-state index >= 15 is 0 Å². The van der Waals surface area contributed by atoms with Crippen molar-refractivity contribution in [1.82, 2.24) is 0 Å². The predicted octanol–water partition coefficient (Wildman–Crippen LogP) is 3.99. The Kier molecular flexibility index (Phi) is 5.46. The minimum Gasteiger partial charge on any atom is -0.326 e. The van der Waals surface area contributed by atoms with Crippen molar-refractivity contribution in [3.05, 3.63) is 64.6 Å². The van der Waals surface area contributed by atoms with Gasteiger partial charge in [-0.1, -0.05) is 37.3 Å². The van der Waals surface area contributed by atoms with Crippen molar-refractivity contribution in [2.75, 3.05) is 16.0 Å². The fourth-order valence-electron chi connectivity index (χ4n) is 3.00. The van der Waals surface area contributed by atoms with E-state index in [1.54, 1.807) is 30.3 Å². The number of imide groups is 1. The standard InChI is InChI=1S/C21H20N2O3S/c1-4-27-19-18(15-9-11-16(12-10-15)22-14(3)24)20(25)23(21(19)26)17-8-6-5-7-13(17)2/h5-12H,4H2,1-3H3,(H,22,24). The number of para-hydroxylation sites is 1. The second-order valence-corrected chi connectivity index (χ2v) is 7.40. The molecule has 0 spiro atoms. The smallest absolute Gasteiger partial charge is 0.272 e. The third-order valence-corrected chi connectivity index (χ3v) is 5.14.